The van der Waals surface area contributed by atoms with Crippen LogP contribution in [0.2, 0.25) is 0 Å². The second kappa shape index (κ2) is 8.96. The Morgan fingerprint density at radius 1 is 1.03 bits per heavy atom. The molecule has 0 saturated heterocycles. The third-order valence-corrected chi connectivity index (χ3v) is 7.86. The van der Waals surface area contributed by atoms with E-state index in [0.29, 0.717) is 41.2 Å². The lowest BCUT2D eigenvalue weighted by atomic mass is 9.77. The largest absolute Gasteiger partial charge is 0.294 e. The molecule has 1 aliphatic heterocycles. The molecular weight excluding hydrogens is 445 g/mol. The second-order valence-corrected chi connectivity index (χ2v) is 9.95. The number of carbonyl (C=O) groups is 2. The van der Waals surface area contributed by atoms with Gasteiger partial charge >= 0.3 is 0 Å². The Labute approximate surface area is 193 Å². The molecule has 0 radical (unpaired) electrons. The van der Waals surface area contributed by atoms with E-state index in [2.05, 4.69) is 22.3 Å². The second-order valence-electron chi connectivity index (χ2n) is 7.77. The standard InChI is InChI=1S/C24H20FN3O2S2/c25-18-10-5-4-9-16(18)17-13-21(30)28(19-11-6-12-20(29)22(17)19)23-26-27-24(32-23)31-14-15-7-2-1-3-8-15/h1-5,7-10,17H,6,11-14H2/t17-/m1/s1. The molecule has 0 N–H and O–H groups in total. The maximum atomic E-state index is 14.6. The molecule has 162 valence electrons. The molecule has 0 fully saturated rings. The number of aromatic nitrogens is 2. The molecule has 5 rings (SSSR count). The summed E-state index contributed by atoms with van der Waals surface area (Å²) >= 11 is 2.91. The molecule has 2 aliphatic rings. The summed E-state index contributed by atoms with van der Waals surface area (Å²) < 4.78 is 15.3. The van der Waals surface area contributed by atoms with Gasteiger partial charge < -0.3 is 0 Å². The van der Waals surface area contributed by atoms with Crippen molar-refractivity contribution in [2.24, 2.45) is 0 Å². The number of nitrogens with zero attached hydrogens (tertiary/aromatic N) is 3. The van der Waals surface area contributed by atoms with Crippen LogP contribution in [0.3, 0.4) is 0 Å². The number of Topliss-reactive ketones (excluding diaryl/α,β-unsaturated/α-hetero) is 1. The van der Waals surface area contributed by atoms with E-state index in [1.165, 1.54) is 23.0 Å². The third-order valence-electron chi connectivity index (χ3n) is 5.75. The van der Waals surface area contributed by atoms with E-state index in [-0.39, 0.29) is 23.9 Å². The van der Waals surface area contributed by atoms with E-state index >= 15 is 0 Å². The normalized spacial score (nSPS) is 18.8. The summed E-state index contributed by atoms with van der Waals surface area (Å²) in [7, 11) is 0. The molecule has 2 aromatic carbocycles. The molecule has 0 spiro atoms. The Kier molecular flexibility index (Phi) is 5.89. The molecule has 0 unspecified atom stereocenters. The van der Waals surface area contributed by atoms with Crippen LogP contribution < -0.4 is 4.90 Å². The van der Waals surface area contributed by atoms with Crippen LogP contribution in [0.1, 0.15) is 42.7 Å². The van der Waals surface area contributed by atoms with Gasteiger partial charge in [0.2, 0.25) is 11.0 Å². The highest BCUT2D eigenvalue weighted by Gasteiger charge is 2.41. The Hall–Kier alpha value is -2.84. The number of rotatable bonds is 5. The van der Waals surface area contributed by atoms with Crippen LogP contribution in [0.15, 0.2) is 70.2 Å². The van der Waals surface area contributed by atoms with Crippen LogP contribution in [-0.2, 0) is 15.3 Å². The summed E-state index contributed by atoms with van der Waals surface area (Å²) in [6.45, 7) is 0. The monoisotopic (exact) mass is 465 g/mol. The van der Waals surface area contributed by atoms with E-state index < -0.39 is 5.92 Å². The van der Waals surface area contributed by atoms with Crippen LogP contribution >= 0.6 is 23.1 Å². The topological polar surface area (TPSA) is 63.2 Å². The maximum Gasteiger partial charge on any atom is 0.234 e. The van der Waals surface area contributed by atoms with Gasteiger partial charge in [0.1, 0.15) is 5.82 Å². The van der Waals surface area contributed by atoms with E-state index in [9.17, 15) is 14.0 Å². The van der Waals surface area contributed by atoms with Gasteiger partial charge in [-0.25, -0.2) is 4.39 Å². The zero-order valence-corrected chi connectivity index (χ0v) is 18.8. The van der Waals surface area contributed by atoms with Crippen molar-refractivity contribution in [3.63, 3.8) is 0 Å². The summed E-state index contributed by atoms with van der Waals surface area (Å²) in [5.41, 5.74) is 2.79. The molecule has 1 atom stereocenters. The first-order chi connectivity index (χ1) is 15.6. The lowest BCUT2D eigenvalue weighted by molar-refractivity contribution is -0.119. The minimum atomic E-state index is -0.553. The zero-order valence-electron chi connectivity index (χ0n) is 17.2. The Bertz CT molecular complexity index is 1210. The van der Waals surface area contributed by atoms with Gasteiger partial charge in [0.15, 0.2) is 10.1 Å². The quantitative estimate of drug-likeness (QED) is 0.368. The smallest absolute Gasteiger partial charge is 0.234 e. The van der Waals surface area contributed by atoms with Gasteiger partial charge in [0, 0.05) is 35.8 Å². The van der Waals surface area contributed by atoms with Crippen LogP contribution in [0, 0.1) is 5.82 Å². The molecule has 2 heterocycles. The van der Waals surface area contributed by atoms with Crippen molar-refractivity contribution in [1.82, 2.24) is 10.2 Å². The lowest BCUT2D eigenvalue weighted by Crippen LogP contribution is -2.40. The highest BCUT2D eigenvalue weighted by Crippen LogP contribution is 2.45. The fraction of sp³-hybridized carbons (Fsp3) is 0.250. The molecule has 1 aliphatic carbocycles. The predicted octanol–water partition coefficient (Wildman–Crippen LogP) is 5.50. The van der Waals surface area contributed by atoms with Crippen molar-refractivity contribution in [3.05, 3.63) is 82.8 Å². The molecule has 5 nitrogen and oxygen atoms in total. The molecule has 8 heteroatoms. The van der Waals surface area contributed by atoms with Gasteiger partial charge in [-0.15, -0.1) is 10.2 Å². The highest BCUT2D eigenvalue weighted by atomic mass is 32.2. The lowest BCUT2D eigenvalue weighted by Gasteiger charge is -2.36. The van der Waals surface area contributed by atoms with Crippen LogP contribution in [-0.4, -0.2) is 21.9 Å². The molecule has 1 amide bonds. The number of ketones is 1. The average molecular weight is 466 g/mol. The molecule has 32 heavy (non-hydrogen) atoms. The summed E-state index contributed by atoms with van der Waals surface area (Å²) in [6.07, 6.45) is 1.71. The van der Waals surface area contributed by atoms with Gasteiger partial charge in [0.25, 0.3) is 0 Å². The van der Waals surface area contributed by atoms with Crippen molar-refractivity contribution in [2.75, 3.05) is 4.90 Å². The Morgan fingerprint density at radius 2 is 1.81 bits per heavy atom. The fourth-order valence-electron chi connectivity index (χ4n) is 4.31. The fourth-order valence-corrected chi connectivity index (χ4v) is 6.15. The van der Waals surface area contributed by atoms with Gasteiger partial charge in [0.05, 0.1) is 0 Å². The summed E-state index contributed by atoms with van der Waals surface area (Å²) in [5, 5.41) is 9.00. The highest BCUT2D eigenvalue weighted by molar-refractivity contribution is 8.00. The van der Waals surface area contributed by atoms with E-state index in [0.717, 1.165) is 10.1 Å². The average Bonchev–Trinajstić information content (AvgIpc) is 3.27. The summed E-state index contributed by atoms with van der Waals surface area (Å²) in [6, 6.07) is 16.5. The molecular formula is C24H20FN3O2S2. The Morgan fingerprint density at radius 3 is 2.62 bits per heavy atom. The third kappa shape index (κ3) is 4.00. The van der Waals surface area contributed by atoms with Gasteiger partial charge in [-0.05, 0) is 30.0 Å². The van der Waals surface area contributed by atoms with Crippen molar-refractivity contribution >= 4 is 39.9 Å². The number of thioether (sulfide) groups is 1. The summed E-state index contributed by atoms with van der Waals surface area (Å²) in [4.78, 5) is 27.7. The van der Waals surface area contributed by atoms with Crippen LogP contribution in [0.5, 0.6) is 0 Å². The molecule has 1 aromatic heterocycles. The van der Waals surface area contributed by atoms with Gasteiger partial charge in [-0.3, -0.25) is 14.5 Å². The summed E-state index contributed by atoms with van der Waals surface area (Å²) in [5.74, 6) is -0.379. The number of hydrogen-bond donors (Lipinski definition) is 0. The number of halogens is 1. The number of hydrogen-bond acceptors (Lipinski definition) is 6. The molecule has 3 aromatic rings. The molecule has 0 saturated carbocycles. The van der Waals surface area contributed by atoms with Gasteiger partial charge in [-0.1, -0.05) is 71.6 Å². The van der Waals surface area contributed by atoms with Crippen molar-refractivity contribution in [2.45, 2.75) is 41.7 Å². The number of amides is 1. The zero-order chi connectivity index (χ0) is 22.1. The first-order valence-corrected chi connectivity index (χ1v) is 12.3. The first-order valence-electron chi connectivity index (χ1n) is 10.5. The van der Waals surface area contributed by atoms with E-state index in [1.54, 1.807) is 34.9 Å². The number of carbonyl (C=O) groups excluding carboxylic acids is 2. The first kappa shape index (κ1) is 21.0. The van der Waals surface area contributed by atoms with Crippen molar-refractivity contribution in [3.8, 4) is 0 Å². The minimum absolute atomic E-state index is 0.0137. The molecule has 0 bridgehead atoms. The van der Waals surface area contributed by atoms with Crippen LogP contribution in [0.4, 0.5) is 9.52 Å². The van der Waals surface area contributed by atoms with Gasteiger partial charge in [-0.2, -0.15) is 0 Å². The SMILES string of the molecule is O=C1CCCC2=C1[C@@H](c1ccccc1F)CC(=O)N2c1nnc(SCc2ccccc2)s1. The Balaban J connectivity index is 1.47. The van der Waals surface area contributed by atoms with E-state index in [1.807, 2.05) is 18.2 Å². The predicted molar refractivity (Wildman–Crippen MR) is 123 cm³/mol. The number of allylic oxidation sites excluding steroid dienone is 2. The number of anilines is 1. The van der Waals surface area contributed by atoms with Crippen LogP contribution in [0.25, 0.3) is 0 Å². The minimum Gasteiger partial charge on any atom is -0.294 e. The maximum absolute atomic E-state index is 14.6. The number of benzene rings is 2. The van der Waals surface area contributed by atoms with Crippen molar-refractivity contribution in [1.29, 1.82) is 0 Å². The van der Waals surface area contributed by atoms with Crippen molar-refractivity contribution < 1.29 is 14.0 Å². The van der Waals surface area contributed by atoms with E-state index in [4.69, 9.17) is 0 Å².